The zero-order chi connectivity index (χ0) is 19.1. The van der Waals surface area contributed by atoms with Crippen LogP contribution in [0.1, 0.15) is 18.1 Å². The molecule has 3 nitrogen and oxygen atoms in total. The molecule has 5 heteroatoms. The Balaban J connectivity index is 1.82. The summed E-state index contributed by atoms with van der Waals surface area (Å²) >= 11 is 8.31. The molecule has 0 fully saturated rings. The van der Waals surface area contributed by atoms with Gasteiger partial charge in [-0.15, -0.1) is 0 Å². The van der Waals surface area contributed by atoms with Gasteiger partial charge in [-0.3, -0.25) is 4.99 Å². The molecule has 0 saturated carbocycles. The van der Waals surface area contributed by atoms with Crippen molar-refractivity contribution in [3.05, 3.63) is 86.4 Å². The fraction of sp³-hybridized carbons (Fsp3) is 0.136. The Kier molecular flexibility index (Phi) is 7.12. The monoisotopic (exact) mass is 491 g/mol. The minimum absolute atomic E-state index is 0.425. The SMILES string of the molecule is CCOc1cc(C=Nc2ccccc2)cc(I)c1OCc1cccc(Cl)c1. The standard InChI is InChI=1S/C22H19ClINO2/c1-2-26-21-13-17(14-25-19-9-4-3-5-10-19)12-20(24)22(21)27-15-16-7-6-8-18(23)11-16/h3-14H,2,15H2,1H3. The van der Waals surface area contributed by atoms with Crippen LogP contribution in [0.3, 0.4) is 0 Å². The van der Waals surface area contributed by atoms with Crippen LogP contribution in [-0.4, -0.2) is 12.8 Å². The number of halogens is 2. The lowest BCUT2D eigenvalue weighted by molar-refractivity contribution is 0.267. The summed E-state index contributed by atoms with van der Waals surface area (Å²) in [6.45, 7) is 2.94. The van der Waals surface area contributed by atoms with Crippen LogP contribution in [0.5, 0.6) is 11.5 Å². The molecule has 3 aromatic rings. The fourth-order valence-corrected chi connectivity index (χ4v) is 3.50. The molecule has 0 aliphatic heterocycles. The van der Waals surface area contributed by atoms with Crippen molar-refractivity contribution in [3.8, 4) is 11.5 Å². The Hall–Kier alpha value is -2.05. The molecule has 0 heterocycles. The van der Waals surface area contributed by atoms with Crippen molar-refractivity contribution in [1.82, 2.24) is 0 Å². The molecule has 3 rings (SSSR count). The summed E-state index contributed by atoms with van der Waals surface area (Å²) in [6.07, 6.45) is 1.83. The van der Waals surface area contributed by atoms with Crippen molar-refractivity contribution in [2.24, 2.45) is 4.99 Å². The van der Waals surface area contributed by atoms with Gasteiger partial charge in [0.1, 0.15) is 6.61 Å². The number of rotatable bonds is 7. The van der Waals surface area contributed by atoms with Gasteiger partial charge in [0, 0.05) is 11.2 Å². The van der Waals surface area contributed by atoms with Gasteiger partial charge < -0.3 is 9.47 Å². The highest BCUT2D eigenvalue weighted by Crippen LogP contribution is 2.34. The largest absolute Gasteiger partial charge is 0.490 e. The Bertz CT molecular complexity index is 929. The quantitative estimate of drug-likeness (QED) is 0.273. The number of para-hydroxylation sites is 1. The van der Waals surface area contributed by atoms with Gasteiger partial charge in [-0.1, -0.05) is 41.9 Å². The maximum absolute atomic E-state index is 6.05. The number of hydrogen-bond donors (Lipinski definition) is 0. The predicted molar refractivity (Wildman–Crippen MR) is 120 cm³/mol. The molecule has 0 aliphatic carbocycles. The molecule has 27 heavy (non-hydrogen) atoms. The van der Waals surface area contributed by atoms with Gasteiger partial charge in [0.25, 0.3) is 0 Å². The van der Waals surface area contributed by atoms with E-state index in [0.29, 0.717) is 24.0 Å². The van der Waals surface area contributed by atoms with Crippen LogP contribution >= 0.6 is 34.2 Å². The van der Waals surface area contributed by atoms with Crippen molar-refractivity contribution in [3.63, 3.8) is 0 Å². The van der Waals surface area contributed by atoms with E-state index in [-0.39, 0.29) is 0 Å². The summed E-state index contributed by atoms with van der Waals surface area (Å²) in [4.78, 5) is 4.51. The van der Waals surface area contributed by atoms with Crippen molar-refractivity contribution >= 4 is 46.1 Å². The molecule has 0 saturated heterocycles. The van der Waals surface area contributed by atoms with Crippen LogP contribution in [0.15, 0.2) is 71.7 Å². The van der Waals surface area contributed by atoms with E-state index < -0.39 is 0 Å². The van der Waals surface area contributed by atoms with E-state index >= 15 is 0 Å². The van der Waals surface area contributed by atoms with Crippen LogP contribution in [0, 0.1) is 3.57 Å². The molecule has 3 aromatic carbocycles. The van der Waals surface area contributed by atoms with Gasteiger partial charge in [-0.25, -0.2) is 0 Å². The van der Waals surface area contributed by atoms with E-state index in [1.54, 1.807) is 0 Å². The average molecular weight is 492 g/mol. The topological polar surface area (TPSA) is 30.8 Å². The van der Waals surface area contributed by atoms with Crippen LogP contribution in [-0.2, 0) is 6.61 Å². The van der Waals surface area contributed by atoms with E-state index in [1.165, 1.54) is 0 Å². The third-order valence-electron chi connectivity index (χ3n) is 3.72. The first-order chi connectivity index (χ1) is 13.2. The molecule has 0 atom stereocenters. The van der Waals surface area contributed by atoms with Gasteiger partial charge in [0.15, 0.2) is 11.5 Å². The van der Waals surface area contributed by atoms with Crippen LogP contribution < -0.4 is 9.47 Å². The summed E-state index contributed by atoms with van der Waals surface area (Å²) < 4.78 is 12.8. The van der Waals surface area contributed by atoms with E-state index in [2.05, 4.69) is 27.6 Å². The number of nitrogens with zero attached hydrogens (tertiary/aromatic N) is 1. The molecular formula is C22H19ClINO2. The van der Waals surface area contributed by atoms with Gasteiger partial charge in [0.05, 0.1) is 15.9 Å². The smallest absolute Gasteiger partial charge is 0.175 e. The van der Waals surface area contributed by atoms with Crippen LogP contribution in [0.4, 0.5) is 5.69 Å². The second-order valence-electron chi connectivity index (χ2n) is 5.78. The fourth-order valence-electron chi connectivity index (χ4n) is 2.51. The lowest BCUT2D eigenvalue weighted by atomic mass is 10.2. The molecule has 0 bridgehead atoms. The maximum Gasteiger partial charge on any atom is 0.175 e. The Morgan fingerprint density at radius 1 is 1.00 bits per heavy atom. The zero-order valence-electron chi connectivity index (χ0n) is 14.9. The van der Waals surface area contributed by atoms with E-state index in [0.717, 1.165) is 26.1 Å². The van der Waals surface area contributed by atoms with Crippen molar-refractivity contribution in [2.75, 3.05) is 6.61 Å². The van der Waals surface area contributed by atoms with Crippen molar-refractivity contribution in [2.45, 2.75) is 13.5 Å². The second-order valence-corrected chi connectivity index (χ2v) is 7.37. The van der Waals surface area contributed by atoms with E-state index in [1.807, 2.05) is 79.9 Å². The molecule has 0 spiro atoms. The summed E-state index contributed by atoms with van der Waals surface area (Å²) in [5.74, 6) is 1.44. The van der Waals surface area contributed by atoms with Gasteiger partial charge >= 0.3 is 0 Å². The van der Waals surface area contributed by atoms with Gasteiger partial charge in [-0.05, 0) is 77.0 Å². The Morgan fingerprint density at radius 3 is 2.56 bits per heavy atom. The van der Waals surface area contributed by atoms with Crippen LogP contribution in [0.2, 0.25) is 5.02 Å². The van der Waals surface area contributed by atoms with Gasteiger partial charge in [0.2, 0.25) is 0 Å². The zero-order valence-corrected chi connectivity index (χ0v) is 17.8. The minimum Gasteiger partial charge on any atom is -0.490 e. The highest BCUT2D eigenvalue weighted by Gasteiger charge is 2.12. The van der Waals surface area contributed by atoms with Crippen molar-refractivity contribution in [1.29, 1.82) is 0 Å². The number of benzene rings is 3. The minimum atomic E-state index is 0.425. The molecule has 0 amide bonds. The molecular weight excluding hydrogens is 473 g/mol. The normalized spacial score (nSPS) is 10.9. The number of hydrogen-bond acceptors (Lipinski definition) is 3. The van der Waals surface area contributed by atoms with E-state index in [4.69, 9.17) is 21.1 Å². The van der Waals surface area contributed by atoms with Gasteiger partial charge in [-0.2, -0.15) is 0 Å². The molecule has 0 radical (unpaired) electrons. The summed E-state index contributed by atoms with van der Waals surface area (Å²) in [5, 5.41) is 0.698. The summed E-state index contributed by atoms with van der Waals surface area (Å²) in [7, 11) is 0. The maximum atomic E-state index is 6.05. The lowest BCUT2D eigenvalue weighted by Gasteiger charge is -2.15. The third kappa shape index (κ3) is 5.71. The highest BCUT2D eigenvalue weighted by atomic mass is 127. The van der Waals surface area contributed by atoms with Crippen molar-refractivity contribution < 1.29 is 9.47 Å². The molecule has 0 aliphatic rings. The molecule has 0 unspecified atom stereocenters. The summed E-state index contributed by atoms with van der Waals surface area (Å²) in [6, 6.07) is 21.5. The first-order valence-electron chi connectivity index (χ1n) is 8.58. The second kappa shape index (κ2) is 9.76. The number of aliphatic imine (C=N–C) groups is 1. The first-order valence-corrected chi connectivity index (χ1v) is 10.0. The molecule has 0 N–H and O–H groups in total. The molecule has 138 valence electrons. The Labute approximate surface area is 178 Å². The highest BCUT2D eigenvalue weighted by molar-refractivity contribution is 14.1. The first kappa shape index (κ1) is 19.7. The predicted octanol–water partition coefficient (Wildman–Crippen LogP) is 6.67. The summed E-state index contributed by atoms with van der Waals surface area (Å²) in [5.41, 5.74) is 2.88. The Morgan fingerprint density at radius 2 is 1.81 bits per heavy atom. The van der Waals surface area contributed by atoms with E-state index in [9.17, 15) is 0 Å². The lowest BCUT2D eigenvalue weighted by Crippen LogP contribution is -2.02. The third-order valence-corrected chi connectivity index (χ3v) is 4.76. The number of ether oxygens (including phenoxy) is 2. The van der Waals surface area contributed by atoms with Crippen LogP contribution in [0.25, 0.3) is 0 Å². The average Bonchev–Trinajstić information content (AvgIpc) is 2.67. The molecule has 0 aromatic heterocycles.